The molecule has 0 radical (unpaired) electrons. The quantitative estimate of drug-likeness (QED) is 0.710. The van der Waals surface area contributed by atoms with Crippen LogP contribution in [-0.4, -0.2) is 47.3 Å². The van der Waals surface area contributed by atoms with E-state index in [2.05, 4.69) is 35.2 Å². The number of aromatic carboxylic acids is 1. The molecule has 0 unspecified atom stereocenters. The molecule has 0 aliphatic carbocycles. The van der Waals surface area contributed by atoms with Gasteiger partial charge in [0, 0.05) is 13.2 Å². The zero-order valence-corrected chi connectivity index (χ0v) is 17.2. The van der Waals surface area contributed by atoms with Crippen LogP contribution in [0.3, 0.4) is 0 Å². The maximum absolute atomic E-state index is 10.2. The topological polar surface area (TPSA) is 60.8 Å². The molecular formula is C23H32ClNO3. The lowest BCUT2D eigenvalue weighted by Crippen LogP contribution is -2.34. The maximum Gasteiger partial charge on any atom is 0.335 e. The van der Waals surface area contributed by atoms with E-state index in [0.29, 0.717) is 12.2 Å². The number of carbonyl (C=O) groups is 1. The summed E-state index contributed by atoms with van der Waals surface area (Å²) in [7, 11) is 0. The minimum absolute atomic E-state index is 0. The highest BCUT2D eigenvalue weighted by molar-refractivity contribution is 5.87. The van der Waals surface area contributed by atoms with Gasteiger partial charge in [0.25, 0.3) is 0 Å². The van der Waals surface area contributed by atoms with Crippen molar-refractivity contribution in [3.63, 3.8) is 0 Å². The Labute approximate surface area is 174 Å². The Bertz CT molecular complexity index is 643. The Hall–Kier alpha value is -1.88. The monoisotopic (exact) mass is 405 g/mol. The molecular weight excluding hydrogens is 374 g/mol. The predicted molar refractivity (Wildman–Crippen MR) is 116 cm³/mol. The third-order valence-electron chi connectivity index (χ3n) is 5.04. The molecule has 5 heteroatoms. The minimum Gasteiger partial charge on any atom is -0.478 e. The maximum atomic E-state index is 10.2. The van der Waals surface area contributed by atoms with Gasteiger partial charge in [0.15, 0.2) is 0 Å². The third-order valence-corrected chi connectivity index (χ3v) is 5.04. The molecule has 2 N–H and O–H groups in total. The van der Waals surface area contributed by atoms with Gasteiger partial charge in [0.2, 0.25) is 0 Å². The van der Waals surface area contributed by atoms with E-state index in [1.807, 2.05) is 0 Å². The number of rotatable bonds is 7. The van der Waals surface area contributed by atoms with Gasteiger partial charge in [0.05, 0.1) is 5.56 Å². The second kappa shape index (κ2) is 14.2. The summed E-state index contributed by atoms with van der Waals surface area (Å²) < 4.78 is 0. The van der Waals surface area contributed by atoms with Gasteiger partial charge in [-0.05, 0) is 68.8 Å². The first-order valence-electron chi connectivity index (χ1n) is 9.84. The minimum atomic E-state index is -0.879. The van der Waals surface area contributed by atoms with E-state index in [4.69, 9.17) is 10.2 Å². The SMILES string of the molecule is Cl.O=C(O)c1ccccc1.OCCCN1CCC(CCc2ccccc2)CC1. The zero-order chi connectivity index (χ0) is 19.3. The molecule has 1 aliphatic heterocycles. The average Bonchev–Trinajstić information content (AvgIpc) is 2.73. The lowest BCUT2D eigenvalue weighted by Gasteiger charge is -2.31. The summed E-state index contributed by atoms with van der Waals surface area (Å²) in [4.78, 5) is 12.7. The molecule has 1 saturated heterocycles. The second-order valence-corrected chi connectivity index (χ2v) is 7.06. The summed E-state index contributed by atoms with van der Waals surface area (Å²) >= 11 is 0. The molecule has 0 spiro atoms. The van der Waals surface area contributed by atoms with Crippen LogP contribution in [0.2, 0.25) is 0 Å². The summed E-state index contributed by atoms with van der Waals surface area (Å²) in [6, 6.07) is 19.1. The van der Waals surface area contributed by atoms with Crippen LogP contribution in [0.15, 0.2) is 60.7 Å². The molecule has 1 fully saturated rings. The lowest BCUT2D eigenvalue weighted by atomic mass is 9.90. The zero-order valence-electron chi connectivity index (χ0n) is 16.4. The molecule has 1 aliphatic rings. The number of hydrogen-bond acceptors (Lipinski definition) is 3. The summed E-state index contributed by atoms with van der Waals surface area (Å²) in [5.41, 5.74) is 1.80. The van der Waals surface area contributed by atoms with Gasteiger partial charge in [-0.3, -0.25) is 0 Å². The number of hydrogen-bond donors (Lipinski definition) is 2. The van der Waals surface area contributed by atoms with Gasteiger partial charge < -0.3 is 15.1 Å². The third kappa shape index (κ3) is 9.36. The number of aliphatic hydroxyl groups excluding tert-OH is 1. The standard InChI is InChI=1S/C16H25NO.C7H6O2.ClH/c18-14-4-11-17-12-9-16(10-13-17)8-7-15-5-2-1-3-6-15;8-7(9)6-4-2-1-3-5-6;/h1-3,5-6,16,18H,4,7-14H2;1-5H,(H,8,9);1H. The summed E-state index contributed by atoms with van der Waals surface area (Å²) in [5, 5.41) is 17.2. The number of piperidine rings is 1. The van der Waals surface area contributed by atoms with Crippen LogP contribution < -0.4 is 0 Å². The van der Waals surface area contributed by atoms with Crippen molar-refractivity contribution in [3.05, 3.63) is 71.8 Å². The van der Waals surface area contributed by atoms with E-state index in [-0.39, 0.29) is 12.4 Å². The van der Waals surface area contributed by atoms with Crippen LogP contribution in [0.5, 0.6) is 0 Å². The smallest absolute Gasteiger partial charge is 0.335 e. The van der Waals surface area contributed by atoms with E-state index in [1.165, 1.54) is 44.3 Å². The second-order valence-electron chi connectivity index (χ2n) is 7.06. The Morgan fingerprint density at radius 2 is 1.54 bits per heavy atom. The lowest BCUT2D eigenvalue weighted by molar-refractivity contribution is 0.0697. The highest BCUT2D eigenvalue weighted by Gasteiger charge is 2.18. The highest BCUT2D eigenvalue weighted by Crippen LogP contribution is 2.22. The highest BCUT2D eigenvalue weighted by atomic mass is 35.5. The van der Waals surface area contributed by atoms with Gasteiger partial charge in [-0.15, -0.1) is 12.4 Å². The van der Waals surface area contributed by atoms with Crippen LogP contribution in [0.1, 0.15) is 41.6 Å². The van der Waals surface area contributed by atoms with Crippen molar-refractivity contribution in [2.75, 3.05) is 26.2 Å². The normalized spacial score (nSPS) is 14.5. The molecule has 0 saturated carbocycles. The largest absolute Gasteiger partial charge is 0.478 e. The van der Waals surface area contributed by atoms with E-state index >= 15 is 0 Å². The van der Waals surface area contributed by atoms with E-state index in [9.17, 15) is 4.79 Å². The van der Waals surface area contributed by atoms with Crippen molar-refractivity contribution in [2.24, 2.45) is 5.92 Å². The summed E-state index contributed by atoms with van der Waals surface area (Å²) in [5.74, 6) is 0.0196. The van der Waals surface area contributed by atoms with Crippen molar-refractivity contribution in [1.29, 1.82) is 0 Å². The first-order valence-corrected chi connectivity index (χ1v) is 9.84. The molecule has 4 nitrogen and oxygen atoms in total. The predicted octanol–water partition coefficient (Wildman–Crippen LogP) is 4.52. The molecule has 2 aromatic carbocycles. The van der Waals surface area contributed by atoms with Crippen molar-refractivity contribution in [1.82, 2.24) is 4.90 Å². The first kappa shape index (κ1) is 24.2. The molecule has 154 valence electrons. The number of carboxylic acid groups (broad SMARTS) is 1. The van der Waals surface area contributed by atoms with Crippen molar-refractivity contribution in [2.45, 2.75) is 32.1 Å². The van der Waals surface area contributed by atoms with Gasteiger partial charge in [0.1, 0.15) is 0 Å². The molecule has 0 aromatic heterocycles. The van der Waals surface area contributed by atoms with Crippen LogP contribution >= 0.6 is 12.4 Å². The number of aryl methyl sites for hydroxylation is 1. The van der Waals surface area contributed by atoms with Crippen molar-refractivity contribution in [3.8, 4) is 0 Å². The fourth-order valence-corrected chi connectivity index (χ4v) is 3.39. The number of benzene rings is 2. The Morgan fingerprint density at radius 1 is 0.964 bits per heavy atom. The molecule has 28 heavy (non-hydrogen) atoms. The fourth-order valence-electron chi connectivity index (χ4n) is 3.39. The summed E-state index contributed by atoms with van der Waals surface area (Å²) in [6.07, 6.45) is 6.14. The number of likely N-dealkylation sites (tertiary alicyclic amines) is 1. The number of halogens is 1. The van der Waals surface area contributed by atoms with Crippen molar-refractivity contribution < 1.29 is 15.0 Å². The van der Waals surface area contributed by atoms with Gasteiger partial charge >= 0.3 is 5.97 Å². The Kier molecular flexibility index (Phi) is 12.2. The first-order chi connectivity index (χ1) is 13.2. The molecule has 3 rings (SSSR count). The van der Waals surface area contributed by atoms with Crippen LogP contribution in [-0.2, 0) is 6.42 Å². The number of carboxylic acids is 1. The Morgan fingerprint density at radius 3 is 2.04 bits per heavy atom. The average molecular weight is 406 g/mol. The van der Waals surface area contributed by atoms with E-state index in [0.717, 1.165) is 18.9 Å². The molecule has 0 atom stereocenters. The van der Waals surface area contributed by atoms with E-state index in [1.54, 1.807) is 30.3 Å². The van der Waals surface area contributed by atoms with Gasteiger partial charge in [-0.2, -0.15) is 0 Å². The number of aliphatic hydroxyl groups is 1. The van der Waals surface area contributed by atoms with Gasteiger partial charge in [-0.25, -0.2) is 4.79 Å². The molecule has 2 aromatic rings. The fraction of sp³-hybridized carbons (Fsp3) is 0.435. The van der Waals surface area contributed by atoms with Crippen molar-refractivity contribution >= 4 is 18.4 Å². The Balaban J connectivity index is 0.000000332. The van der Waals surface area contributed by atoms with Crippen LogP contribution in [0.25, 0.3) is 0 Å². The number of nitrogens with zero attached hydrogens (tertiary/aromatic N) is 1. The van der Waals surface area contributed by atoms with Crippen LogP contribution in [0, 0.1) is 5.92 Å². The molecule has 0 amide bonds. The van der Waals surface area contributed by atoms with Gasteiger partial charge in [-0.1, -0.05) is 48.5 Å². The van der Waals surface area contributed by atoms with E-state index < -0.39 is 5.97 Å². The van der Waals surface area contributed by atoms with Crippen LogP contribution in [0.4, 0.5) is 0 Å². The summed E-state index contributed by atoms with van der Waals surface area (Å²) in [6.45, 7) is 3.84. The molecule has 1 heterocycles. The molecule has 0 bridgehead atoms.